The van der Waals surface area contributed by atoms with Crippen LogP contribution < -0.4 is 17.0 Å². The van der Waals surface area contributed by atoms with Crippen molar-refractivity contribution < 1.29 is 0 Å². The van der Waals surface area contributed by atoms with Crippen LogP contribution in [0.2, 0.25) is 0 Å². The Morgan fingerprint density at radius 1 is 1.42 bits per heavy atom. The van der Waals surface area contributed by atoms with E-state index in [-0.39, 0.29) is 0 Å². The molecule has 0 atom stereocenters. The van der Waals surface area contributed by atoms with Crippen LogP contribution in [0.15, 0.2) is 6.33 Å². The first kappa shape index (κ1) is 6.80. The Labute approximate surface area is 67.2 Å². The summed E-state index contributed by atoms with van der Waals surface area (Å²) in [6, 6.07) is 0. The number of nitrogens with zero attached hydrogens (tertiary/aromatic N) is 3. The molecule has 7 heteroatoms. The van der Waals surface area contributed by atoms with Gasteiger partial charge in [0, 0.05) is 0 Å². The molecule has 12 heavy (non-hydrogen) atoms. The molecule has 0 radical (unpaired) electrons. The van der Waals surface area contributed by atoms with E-state index in [0.29, 0.717) is 22.9 Å². The normalized spacial score (nSPS) is 10.4. The van der Waals surface area contributed by atoms with Gasteiger partial charge in [0.1, 0.15) is 6.33 Å². The van der Waals surface area contributed by atoms with Gasteiger partial charge in [-0.2, -0.15) is 0 Å². The molecule has 0 fully saturated rings. The third kappa shape index (κ3) is 0.839. The molecular weight excluding hydrogens is 158 g/mol. The quantitative estimate of drug-likeness (QED) is 0.325. The number of hydrazine groups is 1. The first-order chi connectivity index (χ1) is 5.81. The molecule has 0 aliphatic carbocycles. The van der Waals surface area contributed by atoms with E-state index in [0.717, 1.165) is 0 Å². The maximum Gasteiger partial charge on any atom is 0.216 e. The Morgan fingerprint density at radius 3 is 2.92 bits per heavy atom. The number of nitrogen functional groups attached to an aromatic ring is 2. The number of hydrogen-bond acceptors (Lipinski definition) is 6. The number of nitrogens with two attached hydrogens (primary N) is 2. The van der Waals surface area contributed by atoms with Crippen molar-refractivity contribution in [3.8, 4) is 0 Å². The van der Waals surface area contributed by atoms with Crippen LogP contribution in [0, 0.1) is 0 Å². The Balaban J connectivity index is 2.74. The first-order valence-electron chi connectivity index (χ1n) is 3.24. The topological polar surface area (TPSA) is 119 Å². The number of anilines is 2. The first-order valence-corrected chi connectivity index (χ1v) is 3.24. The molecule has 62 valence electrons. The van der Waals surface area contributed by atoms with Crippen LogP contribution in [0.3, 0.4) is 0 Å². The van der Waals surface area contributed by atoms with E-state index in [1.807, 2.05) is 0 Å². The highest BCUT2D eigenvalue weighted by Crippen LogP contribution is 2.14. The van der Waals surface area contributed by atoms with Crippen LogP contribution in [-0.4, -0.2) is 19.9 Å². The summed E-state index contributed by atoms with van der Waals surface area (Å²) in [5, 5.41) is 0. The van der Waals surface area contributed by atoms with Gasteiger partial charge in [0.25, 0.3) is 0 Å². The molecule has 0 aromatic carbocycles. The Morgan fingerprint density at radius 2 is 2.25 bits per heavy atom. The molecule has 0 unspecified atom stereocenters. The van der Waals surface area contributed by atoms with E-state index < -0.39 is 0 Å². The van der Waals surface area contributed by atoms with Crippen molar-refractivity contribution in [3.05, 3.63) is 6.33 Å². The fourth-order valence-corrected chi connectivity index (χ4v) is 0.914. The van der Waals surface area contributed by atoms with Gasteiger partial charge in [0.05, 0.1) is 0 Å². The van der Waals surface area contributed by atoms with Gasteiger partial charge in [-0.3, -0.25) is 5.43 Å². The predicted molar refractivity (Wildman–Crippen MR) is 43.9 cm³/mol. The molecule has 0 aliphatic rings. The molecule has 0 spiro atoms. The van der Waals surface area contributed by atoms with Gasteiger partial charge < -0.3 is 10.7 Å². The molecule has 0 aliphatic heterocycles. The molecule has 2 rings (SSSR count). The number of aromatic amines is 1. The predicted octanol–water partition coefficient (Wildman–Crippen LogP) is -0.779. The third-order valence-corrected chi connectivity index (χ3v) is 1.45. The maximum absolute atomic E-state index is 5.52. The highest BCUT2D eigenvalue weighted by molar-refractivity contribution is 5.82. The molecule has 2 aromatic rings. The number of aromatic nitrogens is 4. The molecule has 2 aromatic heterocycles. The number of fused-ring (bicyclic) bond motifs is 1. The molecule has 0 bridgehead atoms. The summed E-state index contributed by atoms with van der Waals surface area (Å²) in [6.45, 7) is 0. The van der Waals surface area contributed by atoms with E-state index in [4.69, 9.17) is 11.6 Å². The fourth-order valence-electron chi connectivity index (χ4n) is 0.914. The molecule has 0 amide bonds. The second-order valence-corrected chi connectivity index (χ2v) is 2.19. The summed E-state index contributed by atoms with van der Waals surface area (Å²) < 4.78 is 0. The summed E-state index contributed by atoms with van der Waals surface area (Å²) in [6.07, 6.45) is 1.36. The van der Waals surface area contributed by atoms with E-state index in [1.54, 1.807) is 0 Å². The lowest BCUT2D eigenvalue weighted by Crippen LogP contribution is -2.07. The van der Waals surface area contributed by atoms with Crippen molar-refractivity contribution in [2.45, 2.75) is 0 Å². The summed E-state index contributed by atoms with van der Waals surface area (Å²) >= 11 is 0. The van der Waals surface area contributed by atoms with Crippen LogP contribution >= 0.6 is 0 Å². The van der Waals surface area contributed by atoms with Gasteiger partial charge in [-0.25, -0.2) is 20.8 Å². The highest BCUT2D eigenvalue weighted by Gasteiger charge is 2.05. The van der Waals surface area contributed by atoms with Crippen molar-refractivity contribution in [1.29, 1.82) is 0 Å². The Kier molecular flexibility index (Phi) is 1.31. The van der Waals surface area contributed by atoms with Crippen LogP contribution in [-0.2, 0) is 0 Å². The summed E-state index contributed by atoms with van der Waals surface area (Å²) in [4.78, 5) is 14.5. The number of imidazole rings is 1. The Bertz CT molecular complexity index is 405. The minimum Gasteiger partial charge on any atom is -0.382 e. The second kappa shape index (κ2) is 2.31. The van der Waals surface area contributed by atoms with Gasteiger partial charge in [0.2, 0.25) is 5.95 Å². The summed E-state index contributed by atoms with van der Waals surface area (Å²) in [5.74, 6) is 5.88. The number of H-pyrrole nitrogens is 1. The number of rotatable bonds is 1. The minimum absolute atomic E-state index is 0.331. The second-order valence-electron chi connectivity index (χ2n) is 2.19. The van der Waals surface area contributed by atoms with Crippen LogP contribution in [0.5, 0.6) is 0 Å². The van der Waals surface area contributed by atoms with E-state index >= 15 is 0 Å². The Hall–Kier alpha value is -1.89. The van der Waals surface area contributed by atoms with Crippen molar-refractivity contribution >= 4 is 22.9 Å². The monoisotopic (exact) mass is 165 g/mol. The van der Waals surface area contributed by atoms with E-state index in [9.17, 15) is 0 Å². The zero-order valence-corrected chi connectivity index (χ0v) is 6.07. The van der Waals surface area contributed by atoms with E-state index in [1.165, 1.54) is 6.33 Å². The van der Waals surface area contributed by atoms with Gasteiger partial charge in [0.15, 0.2) is 17.0 Å². The molecule has 0 saturated carbocycles. The summed E-state index contributed by atoms with van der Waals surface area (Å²) in [5.41, 5.74) is 8.96. The fraction of sp³-hybridized carbons (Fsp3) is 0. The number of hydrogen-bond donors (Lipinski definition) is 4. The lowest BCUT2D eigenvalue weighted by Gasteiger charge is -1.88. The summed E-state index contributed by atoms with van der Waals surface area (Å²) in [7, 11) is 0. The van der Waals surface area contributed by atoms with Gasteiger partial charge >= 0.3 is 0 Å². The SMILES string of the molecule is NNc1nc2c(N)ncnc2[nH]1. The standard InChI is InChI=1S/C5H7N7/c6-3-2-4(9-1-8-3)11-5(10-2)12-7/h1H,7H2,(H4,6,8,9,10,11,12). The van der Waals surface area contributed by atoms with Crippen molar-refractivity contribution in [2.24, 2.45) is 5.84 Å². The maximum atomic E-state index is 5.52. The van der Waals surface area contributed by atoms with Crippen LogP contribution in [0.1, 0.15) is 0 Å². The van der Waals surface area contributed by atoms with Gasteiger partial charge in [-0.1, -0.05) is 0 Å². The van der Waals surface area contributed by atoms with Crippen molar-refractivity contribution in [2.75, 3.05) is 11.2 Å². The van der Waals surface area contributed by atoms with Crippen molar-refractivity contribution in [1.82, 2.24) is 19.9 Å². The zero-order chi connectivity index (χ0) is 8.55. The molecular formula is C5H7N7. The zero-order valence-electron chi connectivity index (χ0n) is 6.07. The average Bonchev–Trinajstić information content (AvgIpc) is 2.49. The van der Waals surface area contributed by atoms with Crippen LogP contribution in [0.25, 0.3) is 11.2 Å². The van der Waals surface area contributed by atoms with Crippen LogP contribution in [0.4, 0.5) is 11.8 Å². The molecule has 6 N–H and O–H groups in total. The average molecular weight is 165 g/mol. The molecule has 0 saturated heterocycles. The van der Waals surface area contributed by atoms with Gasteiger partial charge in [-0.15, -0.1) is 0 Å². The smallest absolute Gasteiger partial charge is 0.216 e. The molecule has 2 heterocycles. The molecule has 7 nitrogen and oxygen atoms in total. The van der Waals surface area contributed by atoms with Gasteiger partial charge in [-0.05, 0) is 0 Å². The lowest BCUT2D eigenvalue weighted by atomic mass is 10.5. The largest absolute Gasteiger partial charge is 0.382 e. The van der Waals surface area contributed by atoms with Crippen molar-refractivity contribution in [3.63, 3.8) is 0 Å². The highest BCUT2D eigenvalue weighted by atomic mass is 15.3. The minimum atomic E-state index is 0.331. The third-order valence-electron chi connectivity index (χ3n) is 1.45. The van der Waals surface area contributed by atoms with E-state index in [2.05, 4.69) is 25.4 Å². The lowest BCUT2D eigenvalue weighted by molar-refractivity contribution is 1.19. The number of nitrogens with one attached hydrogen (secondary N) is 2.